The Labute approximate surface area is 129 Å². The van der Waals surface area contributed by atoms with Crippen LogP contribution in [0, 0.1) is 5.92 Å². The van der Waals surface area contributed by atoms with Crippen molar-refractivity contribution in [1.82, 2.24) is 15.1 Å². The molecule has 21 heavy (non-hydrogen) atoms. The first-order chi connectivity index (χ1) is 10.1. The molecule has 0 aromatic heterocycles. The molecule has 1 N–H and O–H groups in total. The van der Waals surface area contributed by atoms with Gasteiger partial charge in [-0.2, -0.15) is 0 Å². The minimum Gasteiger partial charge on any atom is -0.346 e. The lowest BCUT2D eigenvalue weighted by Gasteiger charge is -2.33. The average Bonchev–Trinajstić information content (AvgIpc) is 2.52. The summed E-state index contributed by atoms with van der Waals surface area (Å²) < 4.78 is 0. The molecule has 5 nitrogen and oxygen atoms in total. The Bertz CT molecular complexity index is 325. The van der Waals surface area contributed by atoms with Crippen molar-refractivity contribution in [3.63, 3.8) is 0 Å². The number of carbonyl (C=O) groups excluding carboxylic acids is 2. The minimum atomic E-state index is 0.105. The number of piperidine rings is 1. The summed E-state index contributed by atoms with van der Waals surface area (Å²) in [5, 5.41) is 3.06. The van der Waals surface area contributed by atoms with Crippen LogP contribution in [0.2, 0.25) is 0 Å². The molecule has 5 heteroatoms. The van der Waals surface area contributed by atoms with E-state index in [0.29, 0.717) is 6.42 Å². The van der Waals surface area contributed by atoms with Gasteiger partial charge < -0.3 is 15.1 Å². The number of unbranched alkanes of at least 4 members (excludes halogenated alkanes) is 1. The molecule has 1 rings (SSSR count). The lowest BCUT2D eigenvalue weighted by Crippen LogP contribution is -2.43. The van der Waals surface area contributed by atoms with E-state index in [9.17, 15) is 9.59 Å². The van der Waals surface area contributed by atoms with Crippen molar-refractivity contribution < 1.29 is 9.59 Å². The highest BCUT2D eigenvalue weighted by atomic mass is 16.2. The van der Waals surface area contributed by atoms with Crippen molar-refractivity contribution in [1.29, 1.82) is 0 Å². The molecule has 0 atom stereocenters. The summed E-state index contributed by atoms with van der Waals surface area (Å²) in [6, 6.07) is 0. The van der Waals surface area contributed by atoms with E-state index in [2.05, 4.69) is 12.2 Å². The average molecular weight is 297 g/mol. The molecular formula is C16H31N3O2. The Balaban J connectivity index is 2.31. The number of rotatable bonds is 8. The van der Waals surface area contributed by atoms with Gasteiger partial charge in [0.25, 0.3) is 0 Å². The summed E-state index contributed by atoms with van der Waals surface area (Å²) in [5.74, 6) is 0.592. The van der Waals surface area contributed by atoms with Crippen LogP contribution >= 0.6 is 0 Å². The predicted octanol–water partition coefficient (Wildman–Crippen LogP) is 1.48. The van der Waals surface area contributed by atoms with Crippen molar-refractivity contribution in [2.75, 3.05) is 40.3 Å². The molecule has 0 spiro atoms. The molecule has 2 amide bonds. The topological polar surface area (TPSA) is 52.7 Å². The van der Waals surface area contributed by atoms with E-state index in [0.717, 1.165) is 58.3 Å². The number of nitrogens with one attached hydrogen (secondary N) is 1. The maximum absolute atomic E-state index is 12.3. The van der Waals surface area contributed by atoms with E-state index in [1.807, 2.05) is 23.9 Å². The Kier molecular flexibility index (Phi) is 8.35. The number of nitrogens with zero attached hydrogens (tertiary/aromatic N) is 2. The third-order valence-electron chi connectivity index (χ3n) is 4.24. The molecule has 0 aromatic rings. The highest BCUT2D eigenvalue weighted by Gasteiger charge is 2.28. The molecule has 122 valence electrons. The zero-order valence-electron chi connectivity index (χ0n) is 13.9. The fourth-order valence-corrected chi connectivity index (χ4v) is 2.77. The number of likely N-dealkylation sites (tertiary alicyclic amines) is 1. The first-order valence-corrected chi connectivity index (χ1v) is 8.27. The SMILES string of the molecule is CCCCN(C)C(=O)C1CCN(C(=O)CCCNC)CC1. The van der Waals surface area contributed by atoms with Crippen LogP contribution in [0.3, 0.4) is 0 Å². The number of amides is 2. The molecular weight excluding hydrogens is 266 g/mol. The maximum Gasteiger partial charge on any atom is 0.225 e. The summed E-state index contributed by atoms with van der Waals surface area (Å²) in [5.41, 5.74) is 0. The summed E-state index contributed by atoms with van der Waals surface area (Å²) >= 11 is 0. The van der Waals surface area contributed by atoms with Crippen LogP contribution in [-0.4, -0.2) is 61.9 Å². The van der Waals surface area contributed by atoms with E-state index >= 15 is 0 Å². The van der Waals surface area contributed by atoms with Crippen LogP contribution < -0.4 is 5.32 Å². The van der Waals surface area contributed by atoms with Crippen LogP contribution in [0.4, 0.5) is 0 Å². The Morgan fingerprint density at radius 2 is 1.90 bits per heavy atom. The van der Waals surface area contributed by atoms with Gasteiger partial charge in [0.2, 0.25) is 11.8 Å². The second-order valence-electron chi connectivity index (χ2n) is 5.98. The first-order valence-electron chi connectivity index (χ1n) is 8.27. The van der Waals surface area contributed by atoms with Crippen molar-refractivity contribution in [3.8, 4) is 0 Å². The van der Waals surface area contributed by atoms with Crippen LogP contribution in [0.1, 0.15) is 45.4 Å². The highest BCUT2D eigenvalue weighted by Crippen LogP contribution is 2.20. The highest BCUT2D eigenvalue weighted by molar-refractivity contribution is 5.80. The minimum absolute atomic E-state index is 0.105. The normalized spacial score (nSPS) is 16.0. The standard InChI is InChI=1S/C16H31N3O2/c1-4-5-11-18(3)16(21)14-8-12-19(13-9-14)15(20)7-6-10-17-2/h14,17H,4-13H2,1-3H3. The van der Waals surface area contributed by atoms with Gasteiger partial charge in [0.1, 0.15) is 0 Å². The fraction of sp³-hybridized carbons (Fsp3) is 0.875. The monoisotopic (exact) mass is 297 g/mol. The fourth-order valence-electron chi connectivity index (χ4n) is 2.77. The second-order valence-corrected chi connectivity index (χ2v) is 5.98. The van der Waals surface area contributed by atoms with Crippen LogP contribution in [0.5, 0.6) is 0 Å². The predicted molar refractivity (Wildman–Crippen MR) is 85.0 cm³/mol. The maximum atomic E-state index is 12.3. The van der Waals surface area contributed by atoms with Gasteiger partial charge >= 0.3 is 0 Å². The van der Waals surface area contributed by atoms with Crippen molar-refractivity contribution in [3.05, 3.63) is 0 Å². The molecule has 1 saturated heterocycles. The van der Waals surface area contributed by atoms with Gasteiger partial charge in [-0.15, -0.1) is 0 Å². The van der Waals surface area contributed by atoms with E-state index in [-0.39, 0.29) is 17.7 Å². The molecule has 0 bridgehead atoms. The molecule has 0 saturated carbocycles. The first kappa shape index (κ1) is 18.0. The van der Waals surface area contributed by atoms with Crippen LogP contribution in [0.15, 0.2) is 0 Å². The van der Waals surface area contributed by atoms with Crippen LogP contribution in [-0.2, 0) is 9.59 Å². The van der Waals surface area contributed by atoms with E-state index in [1.54, 1.807) is 0 Å². The van der Waals surface area contributed by atoms with E-state index in [4.69, 9.17) is 0 Å². The van der Waals surface area contributed by atoms with E-state index < -0.39 is 0 Å². The van der Waals surface area contributed by atoms with Crippen molar-refractivity contribution in [2.45, 2.75) is 45.4 Å². The summed E-state index contributed by atoms with van der Waals surface area (Å²) in [6.45, 7) is 5.32. The van der Waals surface area contributed by atoms with Gasteiger partial charge in [0, 0.05) is 39.0 Å². The third-order valence-corrected chi connectivity index (χ3v) is 4.24. The smallest absolute Gasteiger partial charge is 0.225 e. The van der Waals surface area contributed by atoms with Crippen molar-refractivity contribution >= 4 is 11.8 Å². The zero-order chi connectivity index (χ0) is 15.7. The van der Waals surface area contributed by atoms with Gasteiger partial charge in [-0.1, -0.05) is 13.3 Å². The molecule has 0 aliphatic carbocycles. The van der Waals surface area contributed by atoms with Gasteiger partial charge in [-0.25, -0.2) is 0 Å². The van der Waals surface area contributed by atoms with Gasteiger partial charge in [-0.3, -0.25) is 9.59 Å². The Morgan fingerprint density at radius 3 is 2.48 bits per heavy atom. The number of hydrogen-bond acceptors (Lipinski definition) is 3. The van der Waals surface area contributed by atoms with Gasteiger partial charge in [-0.05, 0) is 39.3 Å². The largest absolute Gasteiger partial charge is 0.346 e. The molecule has 1 aliphatic rings. The number of carbonyl (C=O) groups is 2. The quantitative estimate of drug-likeness (QED) is 0.691. The van der Waals surface area contributed by atoms with Gasteiger partial charge in [0.15, 0.2) is 0 Å². The molecule has 1 aliphatic heterocycles. The molecule has 0 aromatic carbocycles. The molecule has 1 fully saturated rings. The summed E-state index contributed by atoms with van der Waals surface area (Å²) in [7, 11) is 3.80. The number of hydrogen-bond donors (Lipinski definition) is 1. The lowest BCUT2D eigenvalue weighted by molar-refractivity contribution is -0.140. The summed E-state index contributed by atoms with van der Waals surface area (Å²) in [6.07, 6.45) is 5.28. The lowest BCUT2D eigenvalue weighted by atomic mass is 9.95. The Morgan fingerprint density at radius 1 is 1.24 bits per heavy atom. The second kappa shape index (κ2) is 9.77. The molecule has 0 unspecified atom stereocenters. The molecule has 1 heterocycles. The molecule has 0 radical (unpaired) electrons. The van der Waals surface area contributed by atoms with Gasteiger partial charge in [0.05, 0.1) is 0 Å². The third kappa shape index (κ3) is 6.04. The Hall–Kier alpha value is -1.10. The summed E-state index contributed by atoms with van der Waals surface area (Å²) in [4.78, 5) is 28.1. The van der Waals surface area contributed by atoms with E-state index in [1.165, 1.54) is 0 Å². The van der Waals surface area contributed by atoms with Crippen LogP contribution in [0.25, 0.3) is 0 Å². The van der Waals surface area contributed by atoms with Crippen molar-refractivity contribution in [2.24, 2.45) is 5.92 Å². The zero-order valence-corrected chi connectivity index (χ0v) is 13.9.